The van der Waals surface area contributed by atoms with E-state index >= 15 is 0 Å². The second-order valence-electron chi connectivity index (χ2n) is 13.3. The van der Waals surface area contributed by atoms with Crippen LogP contribution in [-0.4, -0.2) is 85.7 Å². The highest BCUT2D eigenvalue weighted by atomic mass is 19.4. The third-order valence-electron chi connectivity index (χ3n) is 10.5. The fraction of sp³-hybridized carbons (Fsp3) is 0.543. The summed E-state index contributed by atoms with van der Waals surface area (Å²) in [5, 5.41) is 0. The van der Waals surface area contributed by atoms with Crippen molar-refractivity contribution in [1.29, 1.82) is 0 Å². The number of carbonyl (C=O) groups is 3. The van der Waals surface area contributed by atoms with Crippen LogP contribution in [-0.2, 0) is 42.9 Å². The maximum absolute atomic E-state index is 14.6. The summed E-state index contributed by atoms with van der Waals surface area (Å²) in [6.45, 7) is 2.33. The van der Waals surface area contributed by atoms with E-state index in [9.17, 15) is 27.6 Å². The molecule has 4 aliphatic rings. The molecule has 3 aliphatic heterocycles. The Morgan fingerprint density at radius 2 is 1.94 bits per heavy atom. The molecule has 1 saturated carbocycles. The van der Waals surface area contributed by atoms with Gasteiger partial charge in [0.25, 0.3) is 0 Å². The summed E-state index contributed by atoms with van der Waals surface area (Å²) in [6, 6.07) is 7.81. The van der Waals surface area contributed by atoms with Gasteiger partial charge in [-0.1, -0.05) is 12.1 Å². The minimum atomic E-state index is -4.52. The van der Waals surface area contributed by atoms with Crippen LogP contribution in [0.5, 0.6) is 0 Å². The molecule has 5 atom stereocenters. The maximum Gasteiger partial charge on any atom is 0.417 e. The normalized spacial score (nSPS) is 27.5. The lowest BCUT2D eigenvalue weighted by atomic mass is 9.78. The van der Waals surface area contributed by atoms with E-state index in [1.165, 1.54) is 13.2 Å². The number of nitrogens with zero attached hydrogens (tertiary/aromatic N) is 3. The Morgan fingerprint density at radius 3 is 2.66 bits per heavy atom. The van der Waals surface area contributed by atoms with Crippen molar-refractivity contribution in [3.63, 3.8) is 0 Å². The van der Waals surface area contributed by atoms with Gasteiger partial charge >= 0.3 is 12.1 Å². The maximum atomic E-state index is 14.6. The van der Waals surface area contributed by atoms with E-state index in [0.29, 0.717) is 61.9 Å². The van der Waals surface area contributed by atoms with E-state index in [2.05, 4.69) is 4.98 Å². The Hall–Kier alpha value is -3.77. The topological polar surface area (TPSA) is 98.3 Å². The van der Waals surface area contributed by atoms with Gasteiger partial charge in [0.05, 0.1) is 36.4 Å². The van der Waals surface area contributed by atoms with Crippen molar-refractivity contribution < 1.29 is 41.8 Å². The van der Waals surface area contributed by atoms with Crippen molar-refractivity contribution in [2.45, 2.75) is 50.9 Å². The number of methoxy groups -OCH3 is 2. The first-order valence-electron chi connectivity index (χ1n) is 16.1. The summed E-state index contributed by atoms with van der Waals surface area (Å²) in [7, 11) is 3.00. The zero-order valence-corrected chi connectivity index (χ0v) is 26.6. The Bertz CT molecular complexity index is 1530. The van der Waals surface area contributed by atoms with Crippen LogP contribution in [0.2, 0.25) is 0 Å². The lowest BCUT2D eigenvalue weighted by Crippen LogP contribution is -2.49. The molecule has 1 aromatic heterocycles. The monoisotopic (exact) mass is 655 g/mol. The number of halogens is 3. The highest BCUT2D eigenvalue weighted by molar-refractivity contribution is 5.94. The van der Waals surface area contributed by atoms with Gasteiger partial charge in [0, 0.05) is 64.3 Å². The quantitative estimate of drug-likeness (QED) is 0.313. The summed E-state index contributed by atoms with van der Waals surface area (Å²) >= 11 is 0. The first-order chi connectivity index (χ1) is 22.5. The van der Waals surface area contributed by atoms with Crippen molar-refractivity contribution >= 4 is 23.9 Å². The van der Waals surface area contributed by atoms with Crippen LogP contribution in [0.1, 0.15) is 58.4 Å². The lowest BCUT2D eigenvalue weighted by molar-refractivity contribution is -0.144. The van der Waals surface area contributed by atoms with E-state index in [-0.39, 0.29) is 42.8 Å². The smallest absolute Gasteiger partial charge is 0.417 e. The molecule has 4 heterocycles. The fourth-order valence-corrected chi connectivity index (χ4v) is 8.09. The number of amides is 2. The number of hydrogen-bond donors (Lipinski definition) is 0. The Balaban J connectivity index is 1.21. The highest BCUT2D eigenvalue weighted by Gasteiger charge is 2.59. The number of alkyl halides is 3. The molecule has 6 rings (SSSR count). The molecule has 1 aliphatic carbocycles. The molecule has 9 nitrogen and oxygen atoms in total. The predicted molar refractivity (Wildman–Crippen MR) is 165 cm³/mol. The van der Waals surface area contributed by atoms with Crippen LogP contribution in [0.15, 0.2) is 42.6 Å². The van der Waals surface area contributed by atoms with Crippen molar-refractivity contribution in [1.82, 2.24) is 14.8 Å². The minimum absolute atomic E-state index is 0.00494. The lowest BCUT2D eigenvalue weighted by Gasteiger charge is -2.37. The van der Waals surface area contributed by atoms with E-state index in [1.54, 1.807) is 47.3 Å². The van der Waals surface area contributed by atoms with Gasteiger partial charge in [-0.25, -0.2) is 4.79 Å². The van der Waals surface area contributed by atoms with Gasteiger partial charge in [0.15, 0.2) is 0 Å². The first-order valence-corrected chi connectivity index (χ1v) is 16.1. The molecular formula is C35H40F3N3O6. The van der Waals surface area contributed by atoms with Gasteiger partial charge in [0.2, 0.25) is 11.8 Å². The molecule has 252 valence electrons. The zero-order chi connectivity index (χ0) is 33.3. The molecule has 2 amide bonds. The van der Waals surface area contributed by atoms with Crippen molar-refractivity contribution in [3.8, 4) is 0 Å². The molecule has 1 aromatic carbocycles. The van der Waals surface area contributed by atoms with Crippen molar-refractivity contribution in [2.24, 2.45) is 23.2 Å². The first kappa shape index (κ1) is 33.1. The molecule has 0 bridgehead atoms. The Kier molecular flexibility index (Phi) is 9.44. The van der Waals surface area contributed by atoms with Gasteiger partial charge in [-0.05, 0) is 78.8 Å². The Labute approximate surface area is 272 Å². The number of likely N-dealkylation sites (tertiary alicyclic amines) is 1. The molecule has 2 unspecified atom stereocenters. The second kappa shape index (κ2) is 13.4. The third kappa shape index (κ3) is 6.80. The van der Waals surface area contributed by atoms with Crippen molar-refractivity contribution in [3.05, 3.63) is 70.6 Å². The molecule has 2 aromatic rings. The second-order valence-corrected chi connectivity index (χ2v) is 13.3. The number of hydrogen-bond acceptors (Lipinski definition) is 7. The zero-order valence-electron chi connectivity index (χ0n) is 26.6. The molecule has 2 saturated heterocycles. The third-order valence-corrected chi connectivity index (χ3v) is 10.5. The Morgan fingerprint density at radius 1 is 1.15 bits per heavy atom. The molecule has 47 heavy (non-hydrogen) atoms. The highest BCUT2D eigenvalue weighted by Crippen LogP contribution is 2.54. The molecule has 12 heteroatoms. The SMILES string of the molecule is COC(=O)c1ccc(/C=C/C(=O)N2C[C@@H]3C[C@@H](CC4CCOCC4OC)C[C@]3(C(=O)N3CCc4ncc(C(F)(F)F)cc4C3)C2)cc1. The molecule has 0 radical (unpaired) electrons. The van der Waals surface area contributed by atoms with Crippen LogP contribution in [0.3, 0.4) is 0 Å². The van der Waals surface area contributed by atoms with Crippen LogP contribution >= 0.6 is 0 Å². The van der Waals surface area contributed by atoms with E-state index < -0.39 is 23.1 Å². The summed E-state index contributed by atoms with van der Waals surface area (Å²) in [5.74, 6) is -0.269. The average molecular weight is 656 g/mol. The number of carbonyl (C=O) groups excluding carboxylic acids is 3. The summed E-state index contributed by atoms with van der Waals surface area (Å²) in [5.41, 5.74) is 0.492. The van der Waals surface area contributed by atoms with E-state index in [0.717, 1.165) is 37.1 Å². The molecular weight excluding hydrogens is 615 g/mol. The minimum Gasteiger partial charge on any atom is -0.465 e. The fourth-order valence-electron chi connectivity index (χ4n) is 8.09. The van der Waals surface area contributed by atoms with Crippen LogP contribution in [0.4, 0.5) is 13.2 Å². The van der Waals surface area contributed by atoms with Gasteiger partial charge in [-0.2, -0.15) is 13.2 Å². The average Bonchev–Trinajstić information content (AvgIpc) is 3.61. The summed E-state index contributed by atoms with van der Waals surface area (Å²) < 4.78 is 56.5. The van der Waals surface area contributed by atoms with Crippen molar-refractivity contribution in [2.75, 3.05) is 47.1 Å². The summed E-state index contributed by atoms with van der Waals surface area (Å²) in [4.78, 5) is 47.3. The van der Waals surface area contributed by atoms with Crippen LogP contribution in [0, 0.1) is 23.2 Å². The molecule has 0 N–H and O–H groups in total. The molecule has 0 spiro atoms. The standard InChI is InChI=1S/C35H40F3N3O6/c1-45-30-20-47-12-10-25(30)13-23-14-28-19-41(31(42)8-5-22-3-6-24(7-4-22)32(43)46-2)21-34(28,16-23)33(44)40-11-9-29-26(18-40)15-27(17-39-29)35(36,37)38/h3-8,15,17,23,25,28,30H,9-14,16,18-21H2,1-2H3/b8-5+/t23-,25?,28+,30?,34+/m1/s1. The van der Waals surface area contributed by atoms with Gasteiger partial charge in [-0.3, -0.25) is 14.6 Å². The predicted octanol–water partition coefficient (Wildman–Crippen LogP) is 4.78. The number of esters is 1. The number of aromatic nitrogens is 1. The number of fused-ring (bicyclic) bond motifs is 2. The number of ether oxygens (including phenoxy) is 3. The number of rotatable bonds is 7. The van der Waals surface area contributed by atoms with E-state index in [1.807, 2.05) is 0 Å². The number of pyridine rings is 1. The number of benzene rings is 1. The van der Waals surface area contributed by atoms with Gasteiger partial charge < -0.3 is 24.0 Å². The van der Waals surface area contributed by atoms with Crippen LogP contribution < -0.4 is 0 Å². The van der Waals surface area contributed by atoms with Crippen LogP contribution in [0.25, 0.3) is 6.08 Å². The van der Waals surface area contributed by atoms with Gasteiger partial charge in [-0.15, -0.1) is 0 Å². The summed E-state index contributed by atoms with van der Waals surface area (Å²) in [6.07, 6.45) is 3.04. The largest absolute Gasteiger partial charge is 0.465 e. The molecule has 3 fully saturated rings. The van der Waals surface area contributed by atoms with Gasteiger partial charge in [0.1, 0.15) is 0 Å². The van der Waals surface area contributed by atoms with E-state index in [4.69, 9.17) is 14.2 Å².